The first-order chi connectivity index (χ1) is 8.31. The van der Waals surface area contributed by atoms with Gasteiger partial charge in [0.15, 0.2) is 0 Å². The molecule has 0 bridgehead atoms. The van der Waals surface area contributed by atoms with Crippen LogP contribution in [0.4, 0.5) is 5.88 Å². The van der Waals surface area contributed by atoms with Gasteiger partial charge in [0.2, 0.25) is 5.88 Å². The van der Waals surface area contributed by atoms with Crippen LogP contribution in [0, 0.1) is 0 Å². The summed E-state index contributed by atoms with van der Waals surface area (Å²) in [4.78, 5) is 4.08. The lowest BCUT2D eigenvalue weighted by Gasteiger charge is -1.96. The highest BCUT2D eigenvalue weighted by molar-refractivity contribution is 5.80. The summed E-state index contributed by atoms with van der Waals surface area (Å²) in [5, 5.41) is 8.23. The Morgan fingerprint density at radius 1 is 1.41 bits per heavy atom. The Morgan fingerprint density at radius 3 is 3.12 bits per heavy atom. The Labute approximate surface area is 97.0 Å². The maximum absolute atomic E-state index is 5.73. The van der Waals surface area contributed by atoms with Crippen molar-refractivity contribution in [3.05, 3.63) is 30.4 Å². The number of hydrogen-bond acceptors (Lipinski definition) is 5. The number of nitrogen functional groups attached to an aromatic ring is 1. The molecule has 0 aromatic carbocycles. The van der Waals surface area contributed by atoms with E-state index in [9.17, 15) is 0 Å². The van der Waals surface area contributed by atoms with Crippen molar-refractivity contribution in [2.75, 3.05) is 5.73 Å². The monoisotopic (exact) mass is 229 g/mol. The van der Waals surface area contributed by atoms with Crippen LogP contribution in [0.1, 0.15) is 12.5 Å². The number of anilines is 1. The number of aromatic nitrogens is 4. The van der Waals surface area contributed by atoms with Crippen molar-refractivity contribution in [1.82, 2.24) is 19.8 Å². The zero-order chi connectivity index (χ0) is 11.8. The van der Waals surface area contributed by atoms with E-state index >= 15 is 0 Å². The zero-order valence-corrected chi connectivity index (χ0v) is 9.29. The average Bonchev–Trinajstić information content (AvgIpc) is 2.92. The first-order valence-electron chi connectivity index (χ1n) is 5.33. The summed E-state index contributed by atoms with van der Waals surface area (Å²) in [7, 11) is 0. The molecule has 0 spiro atoms. The summed E-state index contributed by atoms with van der Waals surface area (Å²) in [6, 6.07) is 0. The van der Waals surface area contributed by atoms with E-state index in [0.717, 1.165) is 28.8 Å². The first-order valence-corrected chi connectivity index (χ1v) is 5.33. The number of rotatable bonds is 2. The second-order valence-electron chi connectivity index (χ2n) is 3.69. The van der Waals surface area contributed by atoms with Gasteiger partial charge in [-0.15, -0.1) is 0 Å². The maximum Gasteiger partial charge on any atom is 0.225 e. The van der Waals surface area contributed by atoms with Gasteiger partial charge in [-0.2, -0.15) is 5.10 Å². The Bertz CT molecular complexity index is 669. The average molecular weight is 229 g/mol. The second kappa shape index (κ2) is 3.58. The van der Waals surface area contributed by atoms with Crippen molar-refractivity contribution in [3.8, 4) is 11.3 Å². The van der Waals surface area contributed by atoms with E-state index in [1.807, 2.05) is 6.92 Å². The Hall–Kier alpha value is -2.37. The summed E-state index contributed by atoms with van der Waals surface area (Å²) in [6.07, 6.45) is 7.72. The molecular formula is C11H11N5O. The third-order valence-corrected chi connectivity index (χ3v) is 2.75. The van der Waals surface area contributed by atoms with Gasteiger partial charge in [0.25, 0.3) is 0 Å². The van der Waals surface area contributed by atoms with Gasteiger partial charge in [-0.05, 0) is 6.42 Å². The SMILES string of the molecule is CCc1c(-c2cnn3ccncc23)noc1N. The molecule has 3 heterocycles. The molecule has 0 aliphatic rings. The molecule has 6 heteroatoms. The van der Waals surface area contributed by atoms with Crippen molar-refractivity contribution in [2.45, 2.75) is 13.3 Å². The fraction of sp³-hybridized carbons (Fsp3) is 0.182. The van der Waals surface area contributed by atoms with Crippen LogP contribution in [-0.2, 0) is 6.42 Å². The van der Waals surface area contributed by atoms with E-state index < -0.39 is 0 Å². The van der Waals surface area contributed by atoms with Crippen LogP contribution >= 0.6 is 0 Å². The molecule has 0 atom stereocenters. The number of fused-ring (bicyclic) bond motifs is 1. The van der Waals surface area contributed by atoms with Crippen LogP contribution in [0.3, 0.4) is 0 Å². The fourth-order valence-electron chi connectivity index (χ4n) is 1.89. The summed E-state index contributed by atoms with van der Waals surface area (Å²) in [5.41, 5.74) is 9.15. The third kappa shape index (κ3) is 1.37. The van der Waals surface area contributed by atoms with E-state index in [1.54, 1.807) is 29.3 Å². The van der Waals surface area contributed by atoms with E-state index in [-0.39, 0.29) is 0 Å². The number of hydrogen-bond donors (Lipinski definition) is 1. The topological polar surface area (TPSA) is 82.2 Å². The number of nitrogens with zero attached hydrogens (tertiary/aromatic N) is 4. The largest absolute Gasteiger partial charge is 0.367 e. The Balaban J connectivity index is 2.27. The predicted molar refractivity (Wildman–Crippen MR) is 62.3 cm³/mol. The molecule has 0 unspecified atom stereocenters. The van der Waals surface area contributed by atoms with Gasteiger partial charge in [0, 0.05) is 18.0 Å². The maximum atomic E-state index is 5.73. The lowest BCUT2D eigenvalue weighted by molar-refractivity contribution is 0.438. The quantitative estimate of drug-likeness (QED) is 0.720. The van der Waals surface area contributed by atoms with Crippen LogP contribution in [0.15, 0.2) is 29.3 Å². The molecule has 0 radical (unpaired) electrons. The van der Waals surface area contributed by atoms with E-state index in [4.69, 9.17) is 10.3 Å². The molecule has 0 saturated heterocycles. The molecule has 3 aromatic heterocycles. The highest BCUT2D eigenvalue weighted by atomic mass is 16.5. The van der Waals surface area contributed by atoms with Crippen LogP contribution in [0.25, 0.3) is 16.8 Å². The molecule has 86 valence electrons. The standard InChI is InChI=1S/C11H11N5O/c1-2-7-10(15-17-11(7)12)8-5-14-16-4-3-13-6-9(8)16/h3-6H,2,12H2,1H3. The molecule has 3 aromatic rings. The third-order valence-electron chi connectivity index (χ3n) is 2.75. The van der Waals surface area contributed by atoms with Crippen molar-refractivity contribution < 1.29 is 4.52 Å². The Kier molecular flexibility index (Phi) is 2.07. The molecule has 0 fully saturated rings. The second-order valence-corrected chi connectivity index (χ2v) is 3.69. The van der Waals surface area contributed by atoms with E-state index in [0.29, 0.717) is 5.88 Å². The van der Waals surface area contributed by atoms with E-state index in [1.165, 1.54) is 0 Å². The minimum atomic E-state index is 0.366. The van der Waals surface area contributed by atoms with Gasteiger partial charge in [0.05, 0.1) is 23.5 Å². The molecule has 0 aliphatic carbocycles. The minimum absolute atomic E-state index is 0.366. The molecule has 2 N–H and O–H groups in total. The van der Waals surface area contributed by atoms with Gasteiger partial charge in [-0.1, -0.05) is 12.1 Å². The summed E-state index contributed by atoms with van der Waals surface area (Å²) >= 11 is 0. The number of nitrogens with two attached hydrogens (primary N) is 1. The van der Waals surface area contributed by atoms with Gasteiger partial charge in [-0.3, -0.25) is 4.98 Å². The van der Waals surface area contributed by atoms with Gasteiger partial charge in [0.1, 0.15) is 5.69 Å². The van der Waals surface area contributed by atoms with Crippen LogP contribution in [0.5, 0.6) is 0 Å². The molecule has 17 heavy (non-hydrogen) atoms. The molecular weight excluding hydrogens is 218 g/mol. The van der Waals surface area contributed by atoms with E-state index in [2.05, 4.69) is 15.2 Å². The smallest absolute Gasteiger partial charge is 0.225 e. The fourth-order valence-corrected chi connectivity index (χ4v) is 1.89. The Morgan fingerprint density at radius 2 is 2.29 bits per heavy atom. The predicted octanol–water partition coefficient (Wildman–Crippen LogP) is 1.53. The highest BCUT2D eigenvalue weighted by Gasteiger charge is 2.17. The summed E-state index contributed by atoms with van der Waals surface area (Å²) in [6.45, 7) is 2.01. The molecule has 0 saturated carbocycles. The normalized spacial score (nSPS) is 11.1. The summed E-state index contributed by atoms with van der Waals surface area (Å²) < 4.78 is 6.77. The van der Waals surface area contributed by atoms with Gasteiger partial charge >= 0.3 is 0 Å². The first kappa shape index (κ1) is 9.83. The highest BCUT2D eigenvalue weighted by Crippen LogP contribution is 2.29. The minimum Gasteiger partial charge on any atom is -0.367 e. The van der Waals surface area contributed by atoms with Crippen molar-refractivity contribution in [3.63, 3.8) is 0 Å². The molecule has 0 aliphatic heterocycles. The van der Waals surface area contributed by atoms with Gasteiger partial charge in [-0.25, -0.2) is 4.52 Å². The van der Waals surface area contributed by atoms with Crippen LogP contribution < -0.4 is 5.73 Å². The molecule has 3 rings (SSSR count). The van der Waals surface area contributed by atoms with Crippen LogP contribution in [0.2, 0.25) is 0 Å². The summed E-state index contributed by atoms with van der Waals surface area (Å²) in [5.74, 6) is 0.366. The van der Waals surface area contributed by atoms with Crippen molar-refractivity contribution >= 4 is 11.4 Å². The van der Waals surface area contributed by atoms with Crippen molar-refractivity contribution in [1.29, 1.82) is 0 Å². The lowest BCUT2D eigenvalue weighted by atomic mass is 10.1. The molecule has 0 amide bonds. The molecule has 6 nitrogen and oxygen atoms in total. The lowest BCUT2D eigenvalue weighted by Crippen LogP contribution is -1.90. The van der Waals surface area contributed by atoms with Gasteiger partial charge < -0.3 is 10.3 Å². The zero-order valence-electron chi connectivity index (χ0n) is 9.29. The van der Waals surface area contributed by atoms with Crippen LogP contribution in [-0.4, -0.2) is 19.8 Å². The van der Waals surface area contributed by atoms with Crippen molar-refractivity contribution in [2.24, 2.45) is 0 Å².